The number of nitrogens with two attached hydrogens (primary N) is 1. The summed E-state index contributed by atoms with van der Waals surface area (Å²) in [6.45, 7) is 7.36. The fraction of sp³-hybridized carbons (Fsp3) is 0.562. The highest BCUT2D eigenvalue weighted by molar-refractivity contribution is 5.94. The number of rotatable bonds is 3. The van der Waals surface area contributed by atoms with Gasteiger partial charge >= 0.3 is 0 Å². The van der Waals surface area contributed by atoms with Crippen molar-refractivity contribution >= 4 is 5.91 Å². The van der Waals surface area contributed by atoms with Gasteiger partial charge in [0.05, 0.1) is 11.4 Å². The van der Waals surface area contributed by atoms with E-state index in [2.05, 4.69) is 22.2 Å². The molecule has 1 saturated heterocycles. The number of nitrogens with zero attached hydrogens (tertiary/aromatic N) is 4. The van der Waals surface area contributed by atoms with Gasteiger partial charge in [-0.25, -0.2) is 0 Å². The van der Waals surface area contributed by atoms with Gasteiger partial charge in [-0.3, -0.25) is 14.6 Å². The molecule has 2 aromatic heterocycles. The standard InChI is InChI=1S/C16H24N6O/c1-9-5-12(7-17)8-22(9)16(23)14-6-13(18-19-14)15-10(2)20-21(4)11(15)3/h6,9,12H,5,7-8,17H2,1-4H3,(H,18,19). The Bertz CT molecular complexity index is 731. The molecule has 7 nitrogen and oxygen atoms in total. The van der Waals surface area contributed by atoms with Gasteiger partial charge in [0.1, 0.15) is 5.69 Å². The van der Waals surface area contributed by atoms with Crippen molar-refractivity contribution in [3.8, 4) is 11.3 Å². The molecule has 1 aliphatic heterocycles. The molecule has 3 N–H and O–H groups in total. The number of aryl methyl sites for hydroxylation is 2. The number of hydrogen-bond acceptors (Lipinski definition) is 4. The zero-order chi connectivity index (χ0) is 16.7. The van der Waals surface area contributed by atoms with Crippen molar-refractivity contribution in [2.45, 2.75) is 33.2 Å². The van der Waals surface area contributed by atoms with E-state index in [1.54, 1.807) is 0 Å². The second kappa shape index (κ2) is 5.81. The number of likely N-dealkylation sites (tertiary alicyclic amines) is 1. The van der Waals surface area contributed by atoms with Gasteiger partial charge in [0.2, 0.25) is 0 Å². The molecule has 1 amide bonds. The first-order valence-corrected chi connectivity index (χ1v) is 7.99. The van der Waals surface area contributed by atoms with E-state index in [1.165, 1.54) is 0 Å². The Hall–Kier alpha value is -2.15. The zero-order valence-electron chi connectivity index (χ0n) is 14.1. The number of nitrogens with one attached hydrogen (secondary N) is 1. The van der Waals surface area contributed by atoms with Crippen LogP contribution in [0.15, 0.2) is 6.07 Å². The molecule has 0 aliphatic carbocycles. The summed E-state index contributed by atoms with van der Waals surface area (Å²) >= 11 is 0. The quantitative estimate of drug-likeness (QED) is 0.891. The fourth-order valence-corrected chi connectivity index (χ4v) is 3.45. The van der Waals surface area contributed by atoms with Crippen molar-refractivity contribution in [1.29, 1.82) is 0 Å². The number of carbonyl (C=O) groups excluding carboxylic acids is 1. The number of aromatic amines is 1. The molecule has 124 valence electrons. The highest BCUT2D eigenvalue weighted by Gasteiger charge is 2.33. The third kappa shape index (κ3) is 2.65. The summed E-state index contributed by atoms with van der Waals surface area (Å²) in [7, 11) is 1.91. The number of hydrogen-bond donors (Lipinski definition) is 2. The molecule has 2 aromatic rings. The van der Waals surface area contributed by atoms with Gasteiger partial charge in [0.25, 0.3) is 5.91 Å². The van der Waals surface area contributed by atoms with Crippen LogP contribution in [0.4, 0.5) is 0 Å². The lowest BCUT2D eigenvalue weighted by Gasteiger charge is -2.20. The maximum atomic E-state index is 12.7. The maximum Gasteiger partial charge on any atom is 0.272 e. The Morgan fingerprint density at radius 1 is 1.48 bits per heavy atom. The fourth-order valence-electron chi connectivity index (χ4n) is 3.45. The SMILES string of the molecule is Cc1nn(C)c(C)c1-c1cc(C(=O)N2CC(CN)CC2C)[nH]n1. The van der Waals surface area contributed by atoms with Crippen LogP contribution >= 0.6 is 0 Å². The molecule has 0 radical (unpaired) electrons. The van der Waals surface area contributed by atoms with Crippen molar-refractivity contribution in [2.75, 3.05) is 13.1 Å². The second-order valence-electron chi connectivity index (χ2n) is 6.48. The minimum absolute atomic E-state index is 0.00797. The Labute approximate surface area is 135 Å². The maximum absolute atomic E-state index is 12.7. The van der Waals surface area contributed by atoms with E-state index in [4.69, 9.17) is 5.73 Å². The van der Waals surface area contributed by atoms with Crippen molar-refractivity contribution in [3.63, 3.8) is 0 Å². The summed E-state index contributed by atoms with van der Waals surface area (Å²) in [4.78, 5) is 14.6. The van der Waals surface area contributed by atoms with Gasteiger partial charge in [-0.2, -0.15) is 10.2 Å². The average molecular weight is 316 g/mol. The number of carbonyl (C=O) groups is 1. The smallest absolute Gasteiger partial charge is 0.272 e. The summed E-state index contributed by atoms with van der Waals surface area (Å²) in [5.74, 6) is 0.380. The first kappa shape index (κ1) is 15.7. The van der Waals surface area contributed by atoms with Crippen LogP contribution in [-0.4, -0.2) is 49.9 Å². The molecule has 1 aliphatic rings. The van der Waals surface area contributed by atoms with Crippen LogP contribution in [0, 0.1) is 19.8 Å². The number of amides is 1. The summed E-state index contributed by atoms with van der Waals surface area (Å²) in [5.41, 5.74) is 9.96. The van der Waals surface area contributed by atoms with Crippen molar-refractivity contribution in [3.05, 3.63) is 23.1 Å². The van der Waals surface area contributed by atoms with E-state index in [0.717, 1.165) is 35.6 Å². The van der Waals surface area contributed by atoms with Crippen LogP contribution < -0.4 is 5.73 Å². The monoisotopic (exact) mass is 316 g/mol. The largest absolute Gasteiger partial charge is 0.334 e. The minimum Gasteiger partial charge on any atom is -0.334 e. The van der Waals surface area contributed by atoms with Gasteiger partial charge in [-0.05, 0) is 45.7 Å². The highest BCUT2D eigenvalue weighted by atomic mass is 16.2. The molecule has 3 rings (SSSR count). The Kier molecular flexibility index (Phi) is 3.97. The van der Waals surface area contributed by atoms with Gasteiger partial charge in [-0.1, -0.05) is 0 Å². The summed E-state index contributed by atoms with van der Waals surface area (Å²) in [6, 6.07) is 2.03. The molecule has 0 aromatic carbocycles. The van der Waals surface area contributed by atoms with Crippen molar-refractivity contribution in [1.82, 2.24) is 24.9 Å². The Morgan fingerprint density at radius 3 is 2.78 bits per heavy atom. The highest BCUT2D eigenvalue weighted by Crippen LogP contribution is 2.27. The molecule has 0 spiro atoms. The normalized spacial score (nSPS) is 21.2. The van der Waals surface area contributed by atoms with Crippen LogP contribution in [0.25, 0.3) is 11.3 Å². The van der Waals surface area contributed by atoms with E-state index >= 15 is 0 Å². The molecule has 0 saturated carbocycles. The summed E-state index contributed by atoms with van der Waals surface area (Å²) in [5, 5.41) is 11.6. The summed E-state index contributed by atoms with van der Waals surface area (Å²) in [6.07, 6.45) is 0.962. The predicted molar refractivity (Wildman–Crippen MR) is 87.9 cm³/mol. The van der Waals surface area contributed by atoms with E-state index in [0.29, 0.717) is 18.2 Å². The van der Waals surface area contributed by atoms with E-state index in [1.807, 2.05) is 36.5 Å². The zero-order valence-corrected chi connectivity index (χ0v) is 14.1. The average Bonchev–Trinajstić information content (AvgIpc) is 3.18. The van der Waals surface area contributed by atoms with Crippen LogP contribution in [0.1, 0.15) is 35.2 Å². The van der Waals surface area contributed by atoms with Gasteiger partial charge in [0, 0.05) is 30.9 Å². The molecule has 1 fully saturated rings. The van der Waals surface area contributed by atoms with E-state index < -0.39 is 0 Å². The minimum atomic E-state index is -0.00797. The molecule has 7 heteroatoms. The molecular formula is C16H24N6O. The van der Waals surface area contributed by atoms with Crippen LogP contribution in [0.3, 0.4) is 0 Å². The summed E-state index contributed by atoms with van der Waals surface area (Å²) < 4.78 is 1.83. The lowest BCUT2D eigenvalue weighted by molar-refractivity contribution is 0.0737. The van der Waals surface area contributed by atoms with Crippen LogP contribution in [-0.2, 0) is 7.05 Å². The van der Waals surface area contributed by atoms with Gasteiger partial charge in [-0.15, -0.1) is 0 Å². The van der Waals surface area contributed by atoms with Crippen LogP contribution in [0.5, 0.6) is 0 Å². The first-order valence-electron chi connectivity index (χ1n) is 7.99. The molecule has 2 atom stereocenters. The lowest BCUT2D eigenvalue weighted by Crippen LogP contribution is -2.34. The van der Waals surface area contributed by atoms with Crippen molar-refractivity contribution in [2.24, 2.45) is 18.7 Å². The topological polar surface area (TPSA) is 92.8 Å². The predicted octanol–water partition coefficient (Wildman–Crippen LogP) is 1.24. The van der Waals surface area contributed by atoms with Gasteiger partial charge < -0.3 is 10.6 Å². The Morgan fingerprint density at radius 2 is 2.22 bits per heavy atom. The third-order valence-electron chi connectivity index (χ3n) is 4.83. The molecule has 23 heavy (non-hydrogen) atoms. The van der Waals surface area contributed by atoms with Crippen LogP contribution in [0.2, 0.25) is 0 Å². The lowest BCUT2D eigenvalue weighted by atomic mass is 10.1. The molecule has 0 bridgehead atoms. The Balaban J connectivity index is 1.86. The molecular weight excluding hydrogens is 292 g/mol. The molecule has 2 unspecified atom stereocenters. The van der Waals surface area contributed by atoms with Gasteiger partial charge in [0.15, 0.2) is 0 Å². The second-order valence-corrected chi connectivity index (χ2v) is 6.48. The molecule has 3 heterocycles. The van der Waals surface area contributed by atoms with Crippen molar-refractivity contribution < 1.29 is 4.79 Å². The van der Waals surface area contributed by atoms with E-state index in [-0.39, 0.29) is 11.9 Å². The third-order valence-corrected chi connectivity index (χ3v) is 4.83. The van der Waals surface area contributed by atoms with E-state index in [9.17, 15) is 4.79 Å². The number of H-pyrrole nitrogens is 1. The number of aromatic nitrogens is 4. The first-order chi connectivity index (χ1) is 10.9.